The molecule has 2 aromatic carbocycles. The molecular weight excluding hydrogens is 366 g/mol. The largest absolute Gasteiger partial charge is 0.333 e. The van der Waals surface area contributed by atoms with Crippen molar-refractivity contribution in [3.8, 4) is 0 Å². The van der Waals surface area contributed by atoms with Gasteiger partial charge in [0.1, 0.15) is 0 Å². The number of H-pyrrole nitrogens is 1. The molecule has 0 aliphatic heterocycles. The van der Waals surface area contributed by atoms with Crippen LogP contribution in [0.2, 0.25) is 5.02 Å². The summed E-state index contributed by atoms with van der Waals surface area (Å²) in [6.07, 6.45) is 0. The summed E-state index contributed by atoms with van der Waals surface area (Å²) in [4.78, 5) is 7.99. The second kappa shape index (κ2) is 6.76. The van der Waals surface area contributed by atoms with E-state index >= 15 is 0 Å². The molecule has 8 heteroatoms. The highest BCUT2D eigenvalue weighted by Gasteiger charge is 2.17. The summed E-state index contributed by atoms with van der Waals surface area (Å²) in [6.45, 7) is 0. The van der Waals surface area contributed by atoms with Gasteiger partial charge in [-0.1, -0.05) is 35.5 Å². The number of thioether (sulfide) groups is 1. The third kappa shape index (κ3) is 3.59. The van der Waals surface area contributed by atoms with Crippen molar-refractivity contribution in [3.63, 3.8) is 0 Å². The fourth-order valence-corrected chi connectivity index (χ4v) is 4.16. The first-order valence-electron chi connectivity index (χ1n) is 7.16. The Morgan fingerprint density at radius 1 is 1.21 bits per heavy atom. The van der Waals surface area contributed by atoms with Gasteiger partial charge in [-0.15, -0.1) is 0 Å². The molecule has 3 rings (SSSR count). The highest BCUT2D eigenvalue weighted by atomic mass is 35.5. The Labute approximate surface area is 150 Å². The van der Waals surface area contributed by atoms with E-state index in [1.807, 2.05) is 18.2 Å². The molecule has 3 aromatic rings. The summed E-state index contributed by atoms with van der Waals surface area (Å²) in [5.74, 6) is 0.615. The molecule has 1 N–H and O–H groups in total. The smallest absolute Gasteiger partial charge is 0.242 e. The van der Waals surface area contributed by atoms with Crippen molar-refractivity contribution < 1.29 is 8.42 Å². The molecule has 0 radical (unpaired) electrons. The fraction of sp³-hybridized carbons (Fsp3) is 0.188. The number of hydrogen-bond acceptors (Lipinski definition) is 4. The van der Waals surface area contributed by atoms with E-state index in [9.17, 15) is 8.42 Å². The van der Waals surface area contributed by atoms with Crippen LogP contribution in [0.25, 0.3) is 11.0 Å². The number of nitrogens with one attached hydrogen (secondary N) is 1. The molecule has 1 aromatic heterocycles. The maximum Gasteiger partial charge on any atom is 0.242 e. The minimum Gasteiger partial charge on any atom is -0.333 e. The zero-order valence-corrected chi connectivity index (χ0v) is 15.5. The molecule has 0 fully saturated rings. The van der Waals surface area contributed by atoms with Crippen molar-refractivity contribution in [1.29, 1.82) is 0 Å². The van der Waals surface area contributed by atoms with Crippen molar-refractivity contribution in [2.75, 3.05) is 14.1 Å². The van der Waals surface area contributed by atoms with Gasteiger partial charge >= 0.3 is 0 Å². The van der Waals surface area contributed by atoms with Crippen LogP contribution < -0.4 is 0 Å². The molecule has 24 heavy (non-hydrogen) atoms. The maximum atomic E-state index is 12.2. The monoisotopic (exact) mass is 381 g/mol. The molecule has 0 aliphatic carbocycles. The zero-order chi connectivity index (χ0) is 17.3. The first-order chi connectivity index (χ1) is 11.4. The van der Waals surface area contributed by atoms with E-state index in [2.05, 4.69) is 9.97 Å². The van der Waals surface area contributed by atoms with Crippen LogP contribution in [0.1, 0.15) is 5.56 Å². The predicted octanol–water partition coefficient (Wildman–Crippen LogP) is 3.76. The number of fused-ring (bicyclic) bond motifs is 1. The molecule has 0 spiro atoms. The van der Waals surface area contributed by atoms with Crippen LogP contribution >= 0.6 is 23.4 Å². The van der Waals surface area contributed by atoms with Crippen LogP contribution in [0.5, 0.6) is 0 Å². The van der Waals surface area contributed by atoms with Gasteiger partial charge < -0.3 is 4.98 Å². The number of rotatable bonds is 5. The maximum absolute atomic E-state index is 12.2. The summed E-state index contributed by atoms with van der Waals surface area (Å²) in [7, 11) is -0.373. The lowest BCUT2D eigenvalue weighted by molar-refractivity contribution is 0.520. The summed E-state index contributed by atoms with van der Waals surface area (Å²) in [6, 6.07) is 12.5. The summed E-state index contributed by atoms with van der Waals surface area (Å²) < 4.78 is 25.6. The molecule has 0 aliphatic rings. The van der Waals surface area contributed by atoms with Crippen molar-refractivity contribution in [2.24, 2.45) is 0 Å². The number of sulfonamides is 1. The van der Waals surface area contributed by atoms with Crippen molar-refractivity contribution in [1.82, 2.24) is 14.3 Å². The van der Waals surface area contributed by atoms with E-state index in [0.717, 1.165) is 21.8 Å². The number of benzene rings is 2. The molecule has 126 valence electrons. The molecule has 0 unspecified atom stereocenters. The van der Waals surface area contributed by atoms with Crippen LogP contribution in [-0.2, 0) is 15.8 Å². The van der Waals surface area contributed by atoms with Crippen molar-refractivity contribution in [2.45, 2.75) is 15.8 Å². The second-order valence-electron chi connectivity index (χ2n) is 5.43. The number of imidazole rings is 1. The van der Waals surface area contributed by atoms with Crippen LogP contribution in [0.15, 0.2) is 52.5 Å². The molecule has 0 atom stereocenters. The Morgan fingerprint density at radius 2 is 2.00 bits per heavy atom. The predicted molar refractivity (Wildman–Crippen MR) is 98.0 cm³/mol. The third-order valence-electron chi connectivity index (χ3n) is 3.47. The lowest BCUT2D eigenvalue weighted by atomic mass is 10.2. The van der Waals surface area contributed by atoms with Gasteiger partial charge in [0.15, 0.2) is 5.16 Å². The van der Waals surface area contributed by atoms with Crippen LogP contribution in [0.3, 0.4) is 0 Å². The Morgan fingerprint density at radius 3 is 2.75 bits per heavy atom. The minimum atomic E-state index is -3.42. The highest BCUT2D eigenvalue weighted by molar-refractivity contribution is 7.98. The molecule has 1 heterocycles. The van der Waals surface area contributed by atoms with Gasteiger partial charge in [-0.3, -0.25) is 0 Å². The van der Waals surface area contributed by atoms with E-state index in [1.165, 1.54) is 30.2 Å². The highest BCUT2D eigenvalue weighted by Crippen LogP contribution is 2.25. The first-order valence-corrected chi connectivity index (χ1v) is 9.96. The van der Waals surface area contributed by atoms with Crippen LogP contribution in [-0.4, -0.2) is 36.8 Å². The van der Waals surface area contributed by atoms with Gasteiger partial charge in [-0.25, -0.2) is 17.7 Å². The molecule has 0 bridgehead atoms. The van der Waals surface area contributed by atoms with Gasteiger partial charge in [0.25, 0.3) is 0 Å². The SMILES string of the molecule is CN(C)S(=O)(=O)c1cccc(CSc2nc3ccc(Cl)cc3[nH]2)c1. The second-order valence-corrected chi connectivity index (χ2v) is 8.98. The van der Waals surface area contributed by atoms with Crippen molar-refractivity contribution >= 4 is 44.4 Å². The quantitative estimate of drug-likeness (QED) is 0.683. The van der Waals surface area contributed by atoms with E-state index in [4.69, 9.17) is 11.6 Å². The van der Waals surface area contributed by atoms with E-state index in [-0.39, 0.29) is 0 Å². The first kappa shape index (κ1) is 17.3. The molecular formula is C16H16ClN3O2S2. The molecule has 5 nitrogen and oxygen atoms in total. The lowest BCUT2D eigenvalue weighted by Crippen LogP contribution is -2.22. The number of aromatic nitrogens is 2. The zero-order valence-electron chi connectivity index (χ0n) is 13.2. The fourth-order valence-electron chi connectivity index (χ4n) is 2.19. The Hall–Kier alpha value is -1.54. The molecule has 0 amide bonds. The van der Waals surface area contributed by atoms with E-state index in [1.54, 1.807) is 24.3 Å². The Balaban J connectivity index is 1.79. The van der Waals surface area contributed by atoms with Gasteiger partial charge in [0.2, 0.25) is 10.0 Å². The van der Waals surface area contributed by atoms with Crippen LogP contribution in [0, 0.1) is 0 Å². The lowest BCUT2D eigenvalue weighted by Gasteiger charge is -2.12. The van der Waals surface area contributed by atoms with Gasteiger partial charge in [0.05, 0.1) is 15.9 Å². The van der Waals surface area contributed by atoms with E-state index < -0.39 is 10.0 Å². The average molecular weight is 382 g/mol. The molecule has 0 saturated carbocycles. The van der Waals surface area contributed by atoms with Crippen molar-refractivity contribution in [3.05, 3.63) is 53.1 Å². The van der Waals surface area contributed by atoms with Crippen LogP contribution in [0.4, 0.5) is 0 Å². The summed E-state index contributed by atoms with van der Waals surface area (Å²) in [5.41, 5.74) is 2.65. The minimum absolute atomic E-state index is 0.294. The number of hydrogen-bond donors (Lipinski definition) is 1. The summed E-state index contributed by atoms with van der Waals surface area (Å²) >= 11 is 7.49. The average Bonchev–Trinajstić information content (AvgIpc) is 2.95. The summed E-state index contributed by atoms with van der Waals surface area (Å²) in [5, 5.41) is 1.43. The number of aromatic amines is 1. The Kier molecular flexibility index (Phi) is 4.87. The Bertz CT molecular complexity index is 984. The van der Waals surface area contributed by atoms with E-state index in [0.29, 0.717) is 15.7 Å². The van der Waals surface area contributed by atoms with Gasteiger partial charge in [-0.05, 0) is 35.9 Å². The number of halogens is 1. The van der Waals surface area contributed by atoms with Gasteiger partial charge in [-0.2, -0.15) is 0 Å². The standard InChI is InChI=1S/C16H16ClN3O2S2/c1-20(2)24(21,22)13-5-3-4-11(8-13)10-23-16-18-14-7-6-12(17)9-15(14)19-16/h3-9H,10H2,1-2H3,(H,18,19). The molecule has 0 saturated heterocycles. The normalized spacial score (nSPS) is 12.2. The third-order valence-corrected chi connectivity index (χ3v) is 6.47. The number of nitrogens with zero attached hydrogens (tertiary/aromatic N) is 2. The van der Waals surface area contributed by atoms with Gasteiger partial charge in [0, 0.05) is 24.9 Å². The topological polar surface area (TPSA) is 66.1 Å².